The van der Waals surface area contributed by atoms with Crippen LogP contribution in [0.25, 0.3) is 0 Å². The maximum absolute atomic E-state index is 13.2. The highest BCUT2D eigenvalue weighted by Crippen LogP contribution is 2.37. The van der Waals surface area contributed by atoms with Crippen molar-refractivity contribution < 1.29 is 9.59 Å². The first-order chi connectivity index (χ1) is 14.9. The lowest BCUT2D eigenvalue weighted by Crippen LogP contribution is -2.42. The first-order valence-corrected chi connectivity index (χ1v) is 10.5. The normalized spacial score (nSPS) is 19.4. The van der Waals surface area contributed by atoms with Gasteiger partial charge in [-0.15, -0.1) is 0 Å². The number of carbonyl (C=O) groups is 2. The van der Waals surface area contributed by atoms with Gasteiger partial charge in [0.25, 0.3) is 0 Å². The number of hydrogen-bond donors (Lipinski definition) is 0. The molecule has 0 radical (unpaired) electrons. The number of nitrogens with zero attached hydrogens (tertiary/aromatic N) is 4. The van der Waals surface area contributed by atoms with Gasteiger partial charge in [-0.1, -0.05) is 36.4 Å². The summed E-state index contributed by atoms with van der Waals surface area (Å²) in [5.41, 5.74) is 2.07. The molecule has 2 aromatic carbocycles. The molecule has 2 aliphatic rings. The Hall–Kier alpha value is -3.64. The fraction of sp³-hybridized carbons (Fsp3) is 0.360. The van der Waals surface area contributed by atoms with Gasteiger partial charge < -0.3 is 9.80 Å². The average Bonchev–Trinajstić information content (AvgIpc) is 3.28. The summed E-state index contributed by atoms with van der Waals surface area (Å²) >= 11 is 0. The van der Waals surface area contributed by atoms with Crippen LogP contribution >= 0.6 is 0 Å². The molecule has 4 rings (SSSR count). The van der Waals surface area contributed by atoms with E-state index < -0.39 is 5.41 Å². The summed E-state index contributed by atoms with van der Waals surface area (Å²) in [7, 11) is 0. The average molecular weight is 412 g/mol. The van der Waals surface area contributed by atoms with E-state index in [1.807, 2.05) is 74.5 Å². The highest BCUT2D eigenvalue weighted by Gasteiger charge is 2.42. The molecular weight excluding hydrogens is 388 g/mol. The van der Waals surface area contributed by atoms with Crippen molar-refractivity contribution in [3.63, 3.8) is 0 Å². The molecular formula is C25H24N4O2. The molecule has 2 unspecified atom stereocenters. The lowest BCUT2D eigenvalue weighted by molar-refractivity contribution is -0.122. The lowest BCUT2D eigenvalue weighted by atomic mass is 9.83. The lowest BCUT2D eigenvalue weighted by Gasteiger charge is -2.28. The maximum atomic E-state index is 13.2. The molecule has 0 saturated carbocycles. The summed E-state index contributed by atoms with van der Waals surface area (Å²) in [6.45, 7) is 3.90. The van der Waals surface area contributed by atoms with Gasteiger partial charge in [0.05, 0.1) is 25.0 Å². The Morgan fingerprint density at radius 3 is 1.61 bits per heavy atom. The number of carbonyl (C=O) groups excluding carboxylic acids is 2. The van der Waals surface area contributed by atoms with Gasteiger partial charge in [-0.3, -0.25) is 9.59 Å². The van der Waals surface area contributed by atoms with Gasteiger partial charge >= 0.3 is 0 Å². The monoisotopic (exact) mass is 412 g/mol. The Bertz CT molecular complexity index is 1040. The zero-order valence-electron chi connectivity index (χ0n) is 17.7. The Kier molecular flexibility index (Phi) is 5.25. The second kappa shape index (κ2) is 7.89. The molecule has 0 spiro atoms. The van der Waals surface area contributed by atoms with Crippen molar-refractivity contribution in [3.05, 3.63) is 59.7 Å². The molecule has 6 heteroatoms. The van der Waals surface area contributed by atoms with Gasteiger partial charge in [-0.25, -0.2) is 0 Å². The minimum Gasteiger partial charge on any atom is -0.309 e. The smallest absolute Gasteiger partial charge is 0.229 e. The van der Waals surface area contributed by atoms with E-state index >= 15 is 0 Å². The van der Waals surface area contributed by atoms with Crippen LogP contribution in [0.15, 0.2) is 48.5 Å². The van der Waals surface area contributed by atoms with Gasteiger partial charge in [0.15, 0.2) is 5.41 Å². The standard InChI is InChI=1S/C25H24N4O2/c1-17-11-19-7-3-5-9-21(19)28(17)23(30)13-25(15-26,16-27)14-24(31)29-18(2)12-20-8-4-6-10-22(20)29/h3-10,17-18H,11-14H2,1-2H3. The third-order valence-electron chi connectivity index (χ3n) is 6.29. The molecule has 6 nitrogen and oxygen atoms in total. The number of fused-ring (bicyclic) bond motifs is 2. The van der Waals surface area contributed by atoms with Crippen LogP contribution in [0.3, 0.4) is 0 Å². The molecule has 2 amide bonds. The van der Waals surface area contributed by atoms with E-state index in [1.54, 1.807) is 9.80 Å². The summed E-state index contributed by atoms with van der Waals surface area (Å²) in [5, 5.41) is 19.7. The van der Waals surface area contributed by atoms with Crippen molar-refractivity contribution in [2.24, 2.45) is 5.41 Å². The zero-order chi connectivity index (χ0) is 22.2. The Morgan fingerprint density at radius 1 is 0.839 bits per heavy atom. The summed E-state index contributed by atoms with van der Waals surface area (Å²) in [6, 6.07) is 19.2. The minimum atomic E-state index is -1.71. The van der Waals surface area contributed by atoms with Crippen molar-refractivity contribution in [1.82, 2.24) is 0 Å². The highest BCUT2D eigenvalue weighted by atomic mass is 16.2. The number of amides is 2. The van der Waals surface area contributed by atoms with Gasteiger partial charge in [0.2, 0.25) is 11.8 Å². The molecule has 2 atom stereocenters. The number of anilines is 2. The highest BCUT2D eigenvalue weighted by molar-refractivity contribution is 5.99. The first-order valence-electron chi connectivity index (χ1n) is 10.5. The largest absolute Gasteiger partial charge is 0.309 e. The van der Waals surface area contributed by atoms with E-state index in [1.165, 1.54) is 0 Å². The van der Waals surface area contributed by atoms with E-state index in [9.17, 15) is 20.1 Å². The number of rotatable bonds is 4. The SMILES string of the molecule is CC1Cc2ccccc2N1C(=O)CC(C#N)(C#N)CC(=O)N1c2ccccc2CC1C. The number of hydrogen-bond acceptors (Lipinski definition) is 4. The van der Waals surface area contributed by atoms with E-state index in [4.69, 9.17) is 0 Å². The second-order valence-electron chi connectivity index (χ2n) is 8.55. The third kappa shape index (κ3) is 3.55. The molecule has 0 saturated heterocycles. The predicted octanol–water partition coefficient (Wildman–Crippen LogP) is 3.76. The van der Waals surface area contributed by atoms with E-state index in [0.29, 0.717) is 0 Å². The summed E-state index contributed by atoms with van der Waals surface area (Å²) in [6.07, 6.45) is 0.840. The minimum absolute atomic E-state index is 0.0545. The topological polar surface area (TPSA) is 88.2 Å². The Balaban J connectivity index is 1.56. The van der Waals surface area contributed by atoms with Crippen LogP contribution in [0.2, 0.25) is 0 Å². The van der Waals surface area contributed by atoms with E-state index in [0.717, 1.165) is 35.3 Å². The first kappa shape index (κ1) is 20.6. The Labute approximate surface area is 182 Å². The van der Waals surface area contributed by atoms with Crippen molar-refractivity contribution in [2.75, 3.05) is 9.80 Å². The van der Waals surface area contributed by atoms with Crippen LogP contribution in [0.4, 0.5) is 11.4 Å². The van der Waals surface area contributed by atoms with Crippen LogP contribution < -0.4 is 9.80 Å². The fourth-order valence-electron chi connectivity index (χ4n) is 4.82. The van der Waals surface area contributed by atoms with Crippen LogP contribution in [0, 0.1) is 28.1 Å². The van der Waals surface area contributed by atoms with Crippen molar-refractivity contribution >= 4 is 23.2 Å². The fourth-order valence-corrected chi connectivity index (χ4v) is 4.82. The number of benzene rings is 2. The molecule has 0 fully saturated rings. The molecule has 2 aliphatic heterocycles. The van der Waals surface area contributed by atoms with Gasteiger partial charge in [0, 0.05) is 23.5 Å². The van der Waals surface area contributed by atoms with Gasteiger partial charge in [0.1, 0.15) is 0 Å². The van der Waals surface area contributed by atoms with E-state index in [2.05, 4.69) is 0 Å². The van der Waals surface area contributed by atoms with Crippen molar-refractivity contribution in [3.8, 4) is 12.1 Å². The molecule has 31 heavy (non-hydrogen) atoms. The zero-order valence-corrected chi connectivity index (χ0v) is 17.7. The van der Waals surface area contributed by atoms with Crippen LogP contribution in [0.5, 0.6) is 0 Å². The molecule has 156 valence electrons. The molecule has 2 heterocycles. The number of para-hydroxylation sites is 2. The summed E-state index contributed by atoms with van der Waals surface area (Å²) in [4.78, 5) is 29.8. The maximum Gasteiger partial charge on any atom is 0.229 e. The van der Waals surface area contributed by atoms with Crippen molar-refractivity contribution in [1.29, 1.82) is 10.5 Å². The van der Waals surface area contributed by atoms with Gasteiger partial charge in [-0.05, 0) is 49.9 Å². The Morgan fingerprint density at radius 2 is 1.23 bits per heavy atom. The molecule has 0 bridgehead atoms. The quantitative estimate of drug-likeness (QED) is 0.765. The van der Waals surface area contributed by atoms with Crippen LogP contribution in [-0.2, 0) is 22.4 Å². The summed E-state index contributed by atoms with van der Waals surface area (Å²) in [5.74, 6) is -0.605. The second-order valence-corrected chi connectivity index (χ2v) is 8.55. The number of nitriles is 2. The molecule has 0 aromatic heterocycles. The van der Waals surface area contributed by atoms with Gasteiger partial charge in [-0.2, -0.15) is 10.5 Å². The summed E-state index contributed by atoms with van der Waals surface area (Å²) < 4.78 is 0. The third-order valence-corrected chi connectivity index (χ3v) is 6.29. The van der Waals surface area contributed by atoms with Crippen LogP contribution in [-0.4, -0.2) is 23.9 Å². The molecule has 2 aromatic rings. The predicted molar refractivity (Wildman–Crippen MR) is 117 cm³/mol. The van der Waals surface area contributed by atoms with Crippen molar-refractivity contribution in [2.45, 2.75) is 51.6 Å². The van der Waals surface area contributed by atoms with Crippen LogP contribution in [0.1, 0.15) is 37.8 Å². The molecule has 0 aliphatic carbocycles. The molecule has 0 N–H and O–H groups in total. The van der Waals surface area contributed by atoms with E-state index in [-0.39, 0.29) is 36.7 Å².